The zero-order chi connectivity index (χ0) is 19.6. The summed E-state index contributed by atoms with van der Waals surface area (Å²) in [4.78, 5) is 22.2. The van der Waals surface area contributed by atoms with Crippen molar-refractivity contribution in [3.63, 3.8) is 0 Å². The first-order valence-corrected chi connectivity index (χ1v) is 9.01. The van der Waals surface area contributed by atoms with Gasteiger partial charge in [-0.1, -0.05) is 13.8 Å². The Hall–Kier alpha value is -2.13. The van der Waals surface area contributed by atoms with Crippen LogP contribution in [0.15, 0.2) is 23.1 Å². The number of carboxylic acid groups (broad SMARTS) is 1. The van der Waals surface area contributed by atoms with Crippen LogP contribution in [0, 0.1) is 5.92 Å². The summed E-state index contributed by atoms with van der Waals surface area (Å²) in [5.74, 6) is -2.53. The molecule has 1 amide bonds. The fourth-order valence-electron chi connectivity index (χ4n) is 2.26. The van der Waals surface area contributed by atoms with Crippen molar-refractivity contribution in [1.29, 1.82) is 0 Å². The zero-order valence-corrected chi connectivity index (χ0v) is 15.8. The monoisotopic (exact) mass is 372 g/mol. The molecule has 0 aliphatic carbocycles. The number of hydrogen-bond acceptors (Lipinski definition) is 6. The molecule has 1 unspecified atom stereocenters. The first-order valence-electron chi connectivity index (χ1n) is 7.53. The van der Waals surface area contributed by atoms with Gasteiger partial charge in [0.25, 0.3) is 0 Å². The molecule has 1 atom stereocenters. The molecule has 1 aromatic carbocycles. The molecule has 0 aliphatic rings. The van der Waals surface area contributed by atoms with Crippen molar-refractivity contribution in [2.45, 2.75) is 30.0 Å². The predicted molar refractivity (Wildman–Crippen MR) is 92.0 cm³/mol. The Morgan fingerprint density at radius 3 is 2.28 bits per heavy atom. The highest BCUT2D eigenvalue weighted by Gasteiger charge is 2.51. The molecule has 0 spiro atoms. The molecule has 0 fully saturated rings. The van der Waals surface area contributed by atoms with E-state index in [0.717, 1.165) is 0 Å². The van der Waals surface area contributed by atoms with E-state index in [4.69, 9.17) is 10.5 Å². The molecule has 3 N–H and O–H groups in total. The van der Waals surface area contributed by atoms with Crippen LogP contribution in [0.1, 0.15) is 19.4 Å². The molecule has 0 saturated carbocycles. The normalized spacial score (nSPS) is 14.0. The van der Waals surface area contributed by atoms with Crippen LogP contribution < -0.4 is 10.5 Å². The highest BCUT2D eigenvalue weighted by Crippen LogP contribution is 2.32. The van der Waals surface area contributed by atoms with Gasteiger partial charge in [-0.05, 0) is 29.7 Å². The molecular weight excluding hydrogens is 348 g/mol. The number of hydrogen-bond donors (Lipinski definition) is 2. The van der Waals surface area contributed by atoms with Crippen molar-refractivity contribution in [3.05, 3.63) is 23.8 Å². The average Bonchev–Trinajstić information content (AvgIpc) is 2.52. The molecule has 8 nitrogen and oxygen atoms in total. The number of amides is 1. The number of benzene rings is 1. The molecule has 1 aromatic rings. The number of nitrogens with zero attached hydrogens (tertiary/aromatic N) is 1. The number of sulfone groups is 1. The van der Waals surface area contributed by atoms with Gasteiger partial charge in [-0.15, -0.1) is 0 Å². The standard InChI is InChI=1S/C16H24N2O6S/c1-10(2)16(17,15(20)21)25(22,23)13-7-6-12(24-5)8-11(13)9-14(19)18(3)4/h6-8,10H,9,17H2,1-5H3,(H,20,21). The lowest BCUT2D eigenvalue weighted by atomic mass is 10.1. The summed E-state index contributed by atoms with van der Waals surface area (Å²) >= 11 is 0. The second-order valence-corrected chi connectivity index (χ2v) is 8.32. The van der Waals surface area contributed by atoms with Crippen LogP contribution in [0.3, 0.4) is 0 Å². The van der Waals surface area contributed by atoms with Crippen LogP contribution in [0.25, 0.3) is 0 Å². The van der Waals surface area contributed by atoms with Gasteiger partial charge < -0.3 is 20.5 Å². The van der Waals surface area contributed by atoms with E-state index in [2.05, 4.69) is 0 Å². The summed E-state index contributed by atoms with van der Waals surface area (Å²) in [5, 5.41) is 9.46. The Morgan fingerprint density at radius 2 is 1.88 bits per heavy atom. The number of ether oxygens (including phenoxy) is 1. The summed E-state index contributed by atoms with van der Waals surface area (Å²) < 4.78 is 31.2. The number of likely N-dealkylation sites (N-methyl/N-ethyl adjacent to an activating group) is 1. The molecule has 0 aliphatic heterocycles. The molecular formula is C16H24N2O6S. The third-order valence-corrected chi connectivity index (χ3v) is 6.55. The SMILES string of the molecule is COc1ccc(S(=O)(=O)C(N)(C(=O)O)C(C)C)c(CC(=O)N(C)C)c1. The van der Waals surface area contributed by atoms with E-state index in [0.29, 0.717) is 5.75 Å². The summed E-state index contributed by atoms with van der Waals surface area (Å²) in [6.07, 6.45) is -0.230. The minimum atomic E-state index is -4.47. The van der Waals surface area contributed by atoms with E-state index >= 15 is 0 Å². The topological polar surface area (TPSA) is 127 Å². The van der Waals surface area contributed by atoms with Crippen LogP contribution in [-0.4, -0.2) is 56.4 Å². The van der Waals surface area contributed by atoms with Crippen LogP contribution in [0.5, 0.6) is 5.75 Å². The zero-order valence-electron chi connectivity index (χ0n) is 14.9. The number of carbonyl (C=O) groups is 2. The minimum Gasteiger partial charge on any atom is -0.497 e. The van der Waals surface area contributed by atoms with Crippen molar-refractivity contribution >= 4 is 21.7 Å². The molecule has 140 valence electrons. The van der Waals surface area contributed by atoms with Crippen molar-refractivity contribution in [3.8, 4) is 5.75 Å². The van der Waals surface area contributed by atoms with Crippen LogP contribution in [0.4, 0.5) is 0 Å². The Labute approximate surface area is 147 Å². The smallest absolute Gasteiger partial charge is 0.340 e. The van der Waals surface area contributed by atoms with E-state index < -0.39 is 26.6 Å². The highest BCUT2D eigenvalue weighted by atomic mass is 32.2. The van der Waals surface area contributed by atoms with Gasteiger partial charge in [0.05, 0.1) is 18.4 Å². The third-order valence-electron chi connectivity index (χ3n) is 4.03. The molecule has 25 heavy (non-hydrogen) atoms. The lowest BCUT2D eigenvalue weighted by Gasteiger charge is -2.29. The largest absolute Gasteiger partial charge is 0.497 e. The number of rotatable bonds is 7. The third kappa shape index (κ3) is 3.77. The van der Waals surface area contributed by atoms with Gasteiger partial charge in [-0.25, -0.2) is 13.2 Å². The van der Waals surface area contributed by atoms with Gasteiger partial charge in [0.15, 0.2) is 0 Å². The lowest BCUT2D eigenvalue weighted by Crippen LogP contribution is -2.58. The number of methoxy groups -OCH3 is 1. The van der Waals surface area contributed by atoms with E-state index in [1.165, 1.54) is 58.2 Å². The number of carbonyl (C=O) groups excluding carboxylic acids is 1. The van der Waals surface area contributed by atoms with Crippen molar-refractivity contribution in [1.82, 2.24) is 4.90 Å². The Bertz CT molecular complexity index is 773. The van der Waals surface area contributed by atoms with Crippen LogP contribution >= 0.6 is 0 Å². The molecule has 0 aromatic heterocycles. The van der Waals surface area contributed by atoms with Crippen molar-refractivity contribution < 1.29 is 27.9 Å². The second-order valence-electron chi connectivity index (χ2n) is 6.19. The summed E-state index contributed by atoms with van der Waals surface area (Å²) in [6, 6.07) is 4.01. The summed E-state index contributed by atoms with van der Waals surface area (Å²) in [7, 11) is 0.00225. The molecule has 0 heterocycles. The number of carboxylic acids is 1. The first-order chi connectivity index (χ1) is 11.4. The maximum absolute atomic E-state index is 13.0. The quantitative estimate of drug-likeness (QED) is 0.713. The fraction of sp³-hybridized carbons (Fsp3) is 0.500. The number of nitrogens with two attached hydrogens (primary N) is 1. The Kier molecular flexibility index (Phi) is 6.19. The molecule has 0 bridgehead atoms. The van der Waals surface area contributed by atoms with Crippen molar-refractivity contribution in [2.24, 2.45) is 11.7 Å². The van der Waals surface area contributed by atoms with Gasteiger partial charge in [0.1, 0.15) is 5.75 Å². The number of aliphatic carboxylic acids is 1. The van der Waals surface area contributed by atoms with E-state index in [9.17, 15) is 23.1 Å². The van der Waals surface area contributed by atoms with Crippen molar-refractivity contribution in [2.75, 3.05) is 21.2 Å². The van der Waals surface area contributed by atoms with Gasteiger partial charge in [0, 0.05) is 14.1 Å². The molecule has 0 radical (unpaired) electrons. The van der Waals surface area contributed by atoms with Gasteiger partial charge in [-0.3, -0.25) is 4.79 Å². The lowest BCUT2D eigenvalue weighted by molar-refractivity contribution is -0.141. The summed E-state index contributed by atoms with van der Waals surface area (Å²) in [5.41, 5.74) is 5.94. The van der Waals surface area contributed by atoms with Crippen LogP contribution in [-0.2, 0) is 25.8 Å². The van der Waals surface area contributed by atoms with Gasteiger partial charge in [0.2, 0.25) is 20.6 Å². The summed E-state index contributed by atoms with van der Waals surface area (Å²) in [6.45, 7) is 2.83. The second kappa shape index (κ2) is 7.40. The predicted octanol–water partition coefficient (Wildman–Crippen LogP) is 0.495. The minimum absolute atomic E-state index is 0.134. The average molecular weight is 372 g/mol. The maximum Gasteiger partial charge on any atom is 0.340 e. The molecule has 9 heteroatoms. The van der Waals surface area contributed by atoms with Crippen LogP contribution in [0.2, 0.25) is 0 Å². The van der Waals surface area contributed by atoms with Gasteiger partial charge in [-0.2, -0.15) is 0 Å². The Morgan fingerprint density at radius 1 is 1.32 bits per heavy atom. The van der Waals surface area contributed by atoms with Gasteiger partial charge >= 0.3 is 5.97 Å². The first kappa shape index (κ1) is 20.9. The van der Waals surface area contributed by atoms with E-state index in [1.807, 2.05) is 0 Å². The maximum atomic E-state index is 13.0. The molecule has 0 saturated heterocycles. The van der Waals surface area contributed by atoms with E-state index in [1.54, 1.807) is 0 Å². The highest BCUT2D eigenvalue weighted by molar-refractivity contribution is 7.93. The van der Waals surface area contributed by atoms with E-state index in [-0.39, 0.29) is 22.8 Å². The fourth-order valence-corrected chi connectivity index (χ4v) is 4.20. The molecule has 1 rings (SSSR count). The Balaban J connectivity index is 3.64.